The Hall–Kier alpha value is -2.40. The van der Waals surface area contributed by atoms with Crippen LogP contribution in [0, 0.1) is 13.8 Å². The molecule has 0 aromatic heterocycles. The second kappa shape index (κ2) is 11.6. The van der Waals surface area contributed by atoms with E-state index in [1.807, 2.05) is 24.3 Å². The topological polar surface area (TPSA) is 9.23 Å². The third-order valence-corrected chi connectivity index (χ3v) is 7.61. The third kappa shape index (κ3) is 6.43. The van der Waals surface area contributed by atoms with Crippen LogP contribution in [-0.2, 0) is 3.63 Å². The molecule has 0 radical (unpaired) electrons. The Kier molecular flexibility index (Phi) is 8.48. The number of hydrogen-bond acceptors (Lipinski definition) is 3. The van der Waals surface area contributed by atoms with Crippen molar-refractivity contribution < 1.29 is 3.63 Å². The molecule has 0 aliphatic heterocycles. The smallest absolute Gasteiger partial charge is 0.0454 e. The second-order valence-corrected chi connectivity index (χ2v) is 10.9. The molecule has 0 atom stereocenters. The molecular weight excluding hydrogens is 511 g/mol. The quantitative estimate of drug-likeness (QED) is 0.208. The first-order valence-corrected chi connectivity index (χ1v) is 13.2. The summed E-state index contributed by atoms with van der Waals surface area (Å²) in [6.45, 7) is 11.9. The summed E-state index contributed by atoms with van der Waals surface area (Å²) in [7, 11) is 0. The van der Waals surface area contributed by atoms with Gasteiger partial charge in [-0.1, -0.05) is 108 Å². The molecule has 35 heavy (non-hydrogen) atoms. The van der Waals surface area contributed by atoms with Gasteiger partial charge in [0.2, 0.25) is 0 Å². The maximum Gasteiger partial charge on any atom is 0.0454 e. The molecule has 1 nitrogen and oxygen atoms in total. The molecule has 0 unspecified atom stereocenters. The largest absolute Gasteiger partial charge is 0.237 e. The lowest BCUT2D eigenvalue weighted by atomic mass is 10.0. The van der Waals surface area contributed by atoms with Gasteiger partial charge in [-0.15, -0.1) is 0 Å². The molecule has 0 saturated carbocycles. The van der Waals surface area contributed by atoms with Crippen LogP contribution < -0.4 is 0 Å². The second-order valence-electron chi connectivity index (χ2n) is 8.20. The zero-order valence-corrected chi connectivity index (χ0v) is 22.6. The average Bonchev–Trinajstić information content (AvgIpc) is 2.85. The van der Waals surface area contributed by atoms with Crippen LogP contribution in [0.4, 0.5) is 0 Å². The maximum atomic E-state index is 6.19. The fraction of sp³-hybridized carbons (Fsp3) is 0.0667. The van der Waals surface area contributed by atoms with E-state index in [4.69, 9.17) is 26.8 Å². The molecule has 176 valence electrons. The summed E-state index contributed by atoms with van der Waals surface area (Å²) in [6, 6.07) is 28.9. The molecule has 0 spiro atoms. The van der Waals surface area contributed by atoms with E-state index >= 15 is 0 Å². The van der Waals surface area contributed by atoms with Crippen molar-refractivity contribution in [2.45, 2.75) is 23.6 Å². The van der Waals surface area contributed by atoms with E-state index in [-0.39, 0.29) is 0 Å². The monoisotopic (exact) mass is 534 g/mol. The lowest BCUT2D eigenvalue weighted by Crippen LogP contribution is -1.88. The van der Waals surface area contributed by atoms with Crippen molar-refractivity contribution in [3.63, 3.8) is 0 Å². The van der Waals surface area contributed by atoms with Crippen LogP contribution in [0.5, 0.6) is 0 Å². The number of aryl methyl sites for hydroxylation is 2. The van der Waals surface area contributed by atoms with E-state index < -0.39 is 0 Å². The van der Waals surface area contributed by atoms with Crippen LogP contribution >= 0.6 is 47.3 Å². The molecule has 0 aliphatic carbocycles. The van der Waals surface area contributed by atoms with E-state index in [0.717, 1.165) is 43.2 Å². The summed E-state index contributed by atoms with van der Waals surface area (Å²) in [6.07, 6.45) is 0. The van der Waals surface area contributed by atoms with Crippen molar-refractivity contribution in [2.75, 3.05) is 0 Å². The van der Waals surface area contributed by atoms with Gasteiger partial charge in [0.1, 0.15) is 0 Å². The standard InChI is InChI=1S/C30H24Cl2OS2/c1-19-5-9-23(10-6-19)27-17-25(21(3)31)13-15-29(27)34-33-35-30-16-14-26(22(4)32)18-28(30)24-11-7-20(2)8-12-24/h5-18H,3-4H2,1-2H3. The highest BCUT2D eigenvalue weighted by atomic mass is 35.5. The molecule has 4 aromatic rings. The first kappa shape index (κ1) is 25.7. The van der Waals surface area contributed by atoms with Crippen molar-refractivity contribution in [2.24, 2.45) is 0 Å². The third-order valence-electron chi connectivity index (χ3n) is 5.56. The van der Waals surface area contributed by atoms with E-state index in [1.165, 1.54) is 35.2 Å². The van der Waals surface area contributed by atoms with Crippen molar-refractivity contribution >= 4 is 57.4 Å². The summed E-state index contributed by atoms with van der Waals surface area (Å²) in [5.74, 6) is 0. The van der Waals surface area contributed by atoms with Crippen LogP contribution in [0.15, 0.2) is 108 Å². The molecule has 0 amide bonds. The zero-order chi connectivity index (χ0) is 24.9. The molecule has 0 N–H and O–H groups in total. The Balaban J connectivity index is 1.61. The van der Waals surface area contributed by atoms with Gasteiger partial charge in [0.15, 0.2) is 0 Å². The predicted octanol–water partition coefficient (Wildman–Crippen LogP) is 10.8. The van der Waals surface area contributed by atoms with E-state index in [1.54, 1.807) is 0 Å². The van der Waals surface area contributed by atoms with Crippen LogP contribution in [0.1, 0.15) is 22.3 Å². The molecule has 0 saturated heterocycles. The Labute approximate surface area is 226 Å². The highest BCUT2D eigenvalue weighted by Gasteiger charge is 2.13. The first-order valence-electron chi connectivity index (χ1n) is 10.9. The number of rotatable bonds is 8. The van der Waals surface area contributed by atoms with Gasteiger partial charge in [-0.2, -0.15) is 0 Å². The van der Waals surface area contributed by atoms with E-state index in [0.29, 0.717) is 10.1 Å². The van der Waals surface area contributed by atoms with Crippen molar-refractivity contribution in [1.29, 1.82) is 0 Å². The van der Waals surface area contributed by atoms with Gasteiger partial charge in [0, 0.05) is 43.9 Å². The van der Waals surface area contributed by atoms with Gasteiger partial charge < -0.3 is 0 Å². The van der Waals surface area contributed by atoms with Crippen molar-refractivity contribution in [1.82, 2.24) is 0 Å². The molecule has 4 rings (SSSR count). The van der Waals surface area contributed by atoms with Gasteiger partial charge in [0.05, 0.1) is 0 Å². The lowest BCUT2D eigenvalue weighted by Gasteiger charge is -2.13. The predicted molar refractivity (Wildman–Crippen MR) is 156 cm³/mol. The molecular formula is C30H24Cl2OS2. The number of halogens is 2. The van der Waals surface area contributed by atoms with Crippen LogP contribution in [0.3, 0.4) is 0 Å². The number of benzene rings is 4. The number of hydrogen-bond donors (Lipinski definition) is 0. The minimum atomic E-state index is 0.508. The minimum Gasteiger partial charge on any atom is -0.237 e. The molecule has 5 heteroatoms. The van der Waals surface area contributed by atoms with Gasteiger partial charge in [0.25, 0.3) is 0 Å². The summed E-state index contributed by atoms with van der Waals surface area (Å²) < 4.78 is 6.10. The van der Waals surface area contributed by atoms with Gasteiger partial charge in [-0.05, 0) is 71.5 Å². The van der Waals surface area contributed by atoms with Gasteiger partial charge in [-0.25, -0.2) is 3.63 Å². The molecule has 0 heterocycles. The fourth-order valence-corrected chi connectivity index (χ4v) is 5.29. The van der Waals surface area contributed by atoms with E-state index in [2.05, 4.69) is 87.7 Å². The van der Waals surface area contributed by atoms with Crippen LogP contribution in [0.2, 0.25) is 0 Å². The van der Waals surface area contributed by atoms with Gasteiger partial charge in [-0.3, -0.25) is 0 Å². The summed E-state index contributed by atoms with van der Waals surface area (Å²) >= 11 is 15.0. The lowest BCUT2D eigenvalue weighted by molar-refractivity contribution is 0.757. The molecule has 4 aromatic carbocycles. The molecule has 0 fully saturated rings. The summed E-state index contributed by atoms with van der Waals surface area (Å²) in [4.78, 5) is 1.98. The highest BCUT2D eigenvalue weighted by Crippen LogP contribution is 2.41. The van der Waals surface area contributed by atoms with Crippen molar-refractivity contribution in [3.8, 4) is 22.3 Å². The Morgan fingerprint density at radius 3 is 1.31 bits per heavy atom. The SMILES string of the molecule is C=C(Cl)c1ccc(SOSc2ccc(C(=C)Cl)cc2-c2ccc(C)cc2)c(-c2ccc(C)cc2)c1. The maximum absolute atomic E-state index is 6.19. The molecule has 0 bridgehead atoms. The first-order chi connectivity index (χ1) is 16.8. The van der Waals surface area contributed by atoms with Crippen LogP contribution in [0.25, 0.3) is 32.3 Å². The van der Waals surface area contributed by atoms with E-state index in [9.17, 15) is 0 Å². The summed E-state index contributed by atoms with van der Waals surface area (Å²) in [5.41, 5.74) is 8.47. The van der Waals surface area contributed by atoms with Crippen LogP contribution in [-0.4, -0.2) is 0 Å². The molecule has 0 aliphatic rings. The highest BCUT2D eigenvalue weighted by molar-refractivity contribution is 8.08. The fourth-order valence-electron chi connectivity index (χ4n) is 3.55. The Morgan fingerprint density at radius 2 is 0.971 bits per heavy atom. The van der Waals surface area contributed by atoms with Crippen molar-refractivity contribution in [3.05, 3.63) is 120 Å². The Bertz CT molecular complexity index is 1270. The Morgan fingerprint density at radius 1 is 0.600 bits per heavy atom. The minimum absolute atomic E-state index is 0.508. The normalized spacial score (nSPS) is 10.9. The zero-order valence-electron chi connectivity index (χ0n) is 19.5. The average molecular weight is 536 g/mol. The van der Waals surface area contributed by atoms with Gasteiger partial charge >= 0.3 is 0 Å². The summed E-state index contributed by atoms with van der Waals surface area (Å²) in [5, 5.41) is 1.02.